The van der Waals surface area contributed by atoms with Gasteiger partial charge in [-0.25, -0.2) is 0 Å². The molecule has 2 heterocycles. The van der Waals surface area contributed by atoms with Crippen LogP contribution in [0.3, 0.4) is 0 Å². The number of nitrogens with zero attached hydrogens (tertiary/aromatic N) is 1. The Balaban J connectivity index is 1.72. The summed E-state index contributed by atoms with van der Waals surface area (Å²) in [6.45, 7) is 4.13. The molecule has 3 rings (SSSR count). The number of rotatable bonds is 4. The molecule has 1 saturated heterocycles. The molecule has 0 aliphatic carbocycles. The third kappa shape index (κ3) is 3.16. The molecule has 1 aliphatic rings. The van der Waals surface area contributed by atoms with Crippen LogP contribution in [-0.4, -0.2) is 26.3 Å². The average molecular weight is 337 g/mol. The Labute approximate surface area is 126 Å². The Hall–Kier alpha value is -1.46. The molecule has 4 nitrogen and oxygen atoms in total. The SMILES string of the molecule is Brc1ccc(CNc2ccccc2N2CCOCC2)o1. The van der Waals surface area contributed by atoms with Crippen LogP contribution in [0.25, 0.3) is 0 Å². The van der Waals surface area contributed by atoms with Crippen molar-refractivity contribution < 1.29 is 9.15 Å². The van der Waals surface area contributed by atoms with Crippen LogP contribution < -0.4 is 10.2 Å². The van der Waals surface area contributed by atoms with Crippen molar-refractivity contribution in [1.29, 1.82) is 0 Å². The zero-order valence-electron chi connectivity index (χ0n) is 11.1. The minimum Gasteiger partial charge on any atom is -0.452 e. The summed E-state index contributed by atoms with van der Waals surface area (Å²) in [5.41, 5.74) is 2.35. The maximum absolute atomic E-state index is 5.51. The van der Waals surface area contributed by atoms with Crippen molar-refractivity contribution in [3.05, 3.63) is 46.8 Å². The number of ether oxygens (including phenoxy) is 1. The molecule has 20 heavy (non-hydrogen) atoms. The fourth-order valence-corrected chi connectivity index (χ4v) is 2.67. The van der Waals surface area contributed by atoms with E-state index >= 15 is 0 Å². The highest BCUT2D eigenvalue weighted by atomic mass is 79.9. The Morgan fingerprint density at radius 1 is 1.10 bits per heavy atom. The van der Waals surface area contributed by atoms with Gasteiger partial charge < -0.3 is 19.4 Å². The van der Waals surface area contributed by atoms with Crippen molar-refractivity contribution in [3.8, 4) is 0 Å². The predicted octanol–water partition coefficient (Wildman–Crippen LogP) is 3.49. The molecule has 1 fully saturated rings. The minimum absolute atomic E-state index is 0.674. The van der Waals surface area contributed by atoms with Gasteiger partial charge in [0.15, 0.2) is 4.67 Å². The van der Waals surface area contributed by atoms with Gasteiger partial charge in [0.2, 0.25) is 0 Å². The molecule has 106 valence electrons. The quantitative estimate of drug-likeness (QED) is 0.927. The maximum atomic E-state index is 5.51. The van der Waals surface area contributed by atoms with Crippen molar-refractivity contribution in [1.82, 2.24) is 0 Å². The second-order valence-electron chi connectivity index (χ2n) is 4.68. The molecule has 1 aromatic carbocycles. The zero-order valence-corrected chi connectivity index (χ0v) is 12.7. The zero-order chi connectivity index (χ0) is 13.8. The fourth-order valence-electron chi connectivity index (χ4n) is 2.33. The first-order valence-corrected chi connectivity index (χ1v) is 7.52. The first kappa shape index (κ1) is 13.5. The van der Waals surface area contributed by atoms with Gasteiger partial charge in [0.1, 0.15) is 5.76 Å². The Bertz CT molecular complexity index is 565. The molecule has 1 N–H and O–H groups in total. The van der Waals surface area contributed by atoms with Gasteiger partial charge in [-0.05, 0) is 40.2 Å². The lowest BCUT2D eigenvalue weighted by Gasteiger charge is -2.30. The van der Waals surface area contributed by atoms with E-state index in [1.165, 1.54) is 5.69 Å². The van der Waals surface area contributed by atoms with Crippen LogP contribution in [-0.2, 0) is 11.3 Å². The Morgan fingerprint density at radius 2 is 1.90 bits per heavy atom. The molecule has 0 bridgehead atoms. The summed E-state index contributed by atoms with van der Waals surface area (Å²) in [6.07, 6.45) is 0. The summed E-state index contributed by atoms with van der Waals surface area (Å²) in [6, 6.07) is 12.2. The fraction of sp³-hybridized carbons (Fsp3) is 0.333. The van der Waals surface area contributed by atoms with Crippen LogP contribution in [0.2, 0.25) is 0 Å². The lowest BCUT2D eigenvalue weighted by molar-refractivity contribution is 0.123. The van der Waals surface area contributed by atoms with Crippen molar-refractivity contribution in [3.63, 3.8) is 0 Å². The average Bonchev–Trinajstić information content (AvgIpc) is 2.92. The molecule has 0 unspecified atom stereocenters. The van der Waals surface area contributed by atoms with E-state index in [1.807, 2.05) is 18.2 Å². The lowest BCUT2D eigenvalue weighted by atomic mass is 10.2. The number of benzene rings is 1. The van der Waals surface area contributed by atoms with Gasteiger partial charge in [0.25, 0.3) is 0 Å². The molecule has 2 aromatic rings. The number of furan rings is 1. The van der Waals surface area contributed by atoms with E-state index in [0.29, 0.717) is 6.54 Å². The summed E-state index contributed by atoms with van der Waals surface area (Å²) in [4.78, 5) is 2.35. The summed E-state index contributed by atoms with van der Waals surface area (Å²) in [7, 11) is 0. The van der Waals surface area contributed by atoms with E-state index in [2.05, 4.69) is 44.3 Å². The normalized spacial score (nSPS) is 15.3. The van der Waals surface area contributed by atoms with Gasteiger partial charge >= 0.3 is 0 Å². The number of morpholine rings is 1. The van der Waals surface area contributed by atoms with Crippen LogP contribution in [0, 0.1) is 0 Å². The molecule has 0 amide bonds. The summed E-state index contributed by atoms with van der Waals surface area (Å²) >= 11 is 3.32. The number of hydrogen-bond acceptors (Lipinski definition) is 4. The monoisotopic (exact) mass is 336 g/mol. The van der Waals surface area contributed by atoms with Gasteiger partial charge in [-0.1, -0.05) is 12.1 Å². The topological polar surface area (TPSA) is 37.6 Å². The number of halogens is 1. The lowest BCUT2D eigenvalue weighted by Crippen LogP contribution is -2.36. The van der Waals surface area contributed by atoms with Crippen molar-refractivity contribution >= 4 is 27.3 Å². The molecular formula is C15H17BrN2O2. The predicted molar refractivity (Wildman–Crippen MR) is 83.2 cm³/mol. The van der Waals surface area contributed by atoms with E-state index in [-0.39, 0.29) is 0 Å². The van der Waals surface area contributed by atoms with Crippen LogP contribution >= 0.6 is 15.9 Å². The molecule has 0 radical (unpaired) electrons. The first-order valence-electron chi connectivity index (χ1n) is 6.73. The highest BCUT2D eigenvalue weighted by molar-refractivity contribution is 9.10. The Morgan fingerprint density at radius 3 is 2.65 bits per heavy atom. The molecule has 1 aliphatic heterocycles. The van der Waals surface area contributed by atoms with Crippen LogP contribution in [0.5, 0.6) is 0 Å². The van der Waals surface area contributed by atoms with Crippen molar-refractivity contribution in [2.45, 2.75) is 6.54 Å². The number of anilines is 2. The molecule has 5 heteroatoms. The summed E-state index contributed by atoms with van der Waals surface area (Å²) in [5, 5.41) is 3.44. The second kappa shape index (κ2) is 6.33. The molecule has 0 atom stereocenters. The third-order valence-electron chi connectivity index (χ3n) is 3.34. The highest BCUT2D eigenvalue weighted by Crippen LogP contribution is 2.27. The molecular weight excluding hydrogens is 320 g/mol. The Kier molecular flexibility index (Phi) is 4.28. The minimum atomic E-state index is 0.674. The molecule has 1 aromatic heterocycles. The van der Waals surface area contributed by atoms with Gasteiger partial charge in [-0.3, -0.25) is 0 Å². The number of hydrogen-bond donors (Lipinski definition) is 1. The van der Waals surface area contributed by atoms with E-state index < -0.39 is 0 Å². The number of nitrogens with one attached hydrogen (secondary N) is 1. The standard InChI is InChI=1S/C15H17BrN2O2/c16-15-6-5-12(20-15)11-17-13-3-1-2-4-14(13)18-7-9-19-10-8-18/h1-6,17H,7-11H2. The summed E-state index contributed by atoms with van der Waals surface area (Å²) < 4.78 is 11.7. The number of para-hydroxylation sites is 2. The van der Waals surface area contributed by atoms with E-state index in [9.17, 15) is 0 Å². The van der Waals surface area contributed by atoms with Gasteiger partial charge in [-0.2, -0.15) is 0 Å². The van der Waals surface area contributed by atoms with Crippen LogP contribution in [0.4, 0.5) is 11.4 Å². The largest absolute Gasteiger partial charge is 0.452 e. The molecule has 0 saturated carbocycles. The van der Waals surface area contributed by atoms with Crippen LogP contribution in [0.1, 0.15) is 5.76 Å². The van der Waals surface area contributed by atoms with Gasteiger partial charge in [0, 0.05) is 13.1 Å². The van der Waals surface area contributed by atoms with E-state index in [1.54, 1.807) is 0 Å². The van der Waals surface area contributed by atoms with Gasteiger partial charge in [-0.15, -0.1) is 0 Å². The van der Waals surface area contributed by atoms with Crippen LogP contribution in [0.15, 0.2) is 45.5 Å². The van der Waals surface area contributed by atoms with Crippen molar-refractivity contribution in [2.24, 2.45) is 0 Å². The van der Waals surface area contributed by atoms with Crippen molar-refractivity contribution in [2.75, 3.05) is 36.5 Å². The van der Waals surface area contributed by atoms with Gasteiger partial charge in [0.05, 0.1) is 31.1 Å². The second-order valence-corrected chi connectivity index (χ2v) is 5.46. The third-order valence-corrected chi connectivity index (χ3v) is 3.76. The summed E-state index contributed by atoms with van der Waals surface area (Å²) in [5.74, 6) is 0.911. The maximum Gasteiger partial charge on any atom is 0.169 e. The smallest absolute Gasteiger partial charge is 0.169 e. The highest BCUT2D eigenvalue weighted by Gasteiger charge is 2.14. The van der Waals surface area contributed by atoms with E-state index in [0.717, 1.165) is 42.4 Å². The van der Waals surface area contributed by atoms with E-state index in [4.69, 9.17) is 9.15 Å². The molecule has 0 spiro atoms. The first-order chi connectivity index (χ1) is 9.83.